The van der Waals surface area contributed by atoms with Crippen LogP contribution in [-0.4, -0.2) is 20.1 Å². The van der Waals surface area contributed by atoms with E-state index in [2.05, 4.69) is 5.32 Å². The van der Waals surface area contributed by atoms with Crippen molar-refractivity contribution in [1.82, 2.24) is 5.32 Å². The molecule has 0 aliphatic rings. The summed E-state index contributed by atoms with van der Waals surface area (Å²) in [5.74, 6) is 0.792. The molecule has 1 N–H and O–H groups in total. The SMILES string of the molecule is COc1ccc(C)cc1[C@H](C)NC(=O)c1cc(Cl)c(OC)c(Cl)c1. The van der Waals surface area contributed by atoms with Gasteiger partial charge in [0.05, 0.1) is 30.3 Å². The number of methoxy groups -OCH3 is 2. The zero-order valence-corrected chi connectivity index (χ0v) is 15.5. The Bertz CT molecular complexity index is 739. The summed E-state index contributed by atoms with van der Waals surface area (Å²) in [5.41, 5.74) is 2.35. The summed E-state index contributed by atoms with van der Waals surface area (Å²) in [4.78, 5) is 12.5. The van der Waals surface area contributed by atoms with E-state index in [0.29, 0.717) is 11.3 Å². The average Bonchev–Trinajstić information content (AvgIpc) is 2.54. The fourth-order valence-corrected chi connectivity index (χ4v) is 3.08. The summed E-state index contributed by atoms with van der Waals surface area (Å²) < 4.78 is 10.5. The van der Waals surface area contributed by atoms with Gasteiger partial charge in [-0.05, 0) is 32.0 Å². The first kappa shape index (κ1) is 18.4. The van der Waals surface area contributed by atoms with Crippen LogP contribution < -0.4 is 14.8 Å². The minimum absolute atomic E-state index is 0.244. The van der Waals surface area contributed by atoms with Gasteiger partial charge in [-0.15, -0.1) is 0 Å². The first-order chi connectivity index (χ1) is 11.4. The van der Waals surface area contributed by atoms with Gasteiger partial charge >= 0.3 is 0 Å². The number of carbonyl (C=O) groups is 1. The number of aryl methyl sites for hydroxylation is 1. The Kier molecular flexibility index (Phi) is 5.97. The molecule has 0 saturated carbocycles. The standard InChI is InChI=1S/C18H19Cl2NO3/c1-10-5-6-16(23-3)13(7-10)11(2)21-18(22)12-8-14(19)17(24-4)15(20)9-12/h5-9,11H,1-4H3,(H,21,22)/t11-/m0/s1. The van der Waals surface area contributed by atoms with Gasteiger partial charge in [0, 0.05) is 11.1 Å². The summed E-state index contributed by atoms with van der Waals surface area (Å²) >= 11 is 12.2. The van der Waals surface area contributed by atoms with Gasteiger partial charge in [-0.2, -0.15) is 0 Å². The number of ether oxygens (including phenoxy) is 2. The minimum atomic E-state index is -0.280. The maximum atomic E-state index is 12.5. The lowest BCUT2D eigenvalue weighted by atomic mass is 10.0. The third-order valence-electron chi connectivity index (χ3n) is 3.66. The molecule has 24 heavy (non-hydrogen) atoms. The Hall–Kier alpha value is -1.91. The molecule has 4 nitrogen and oxygen atoms in total. The second kappa shape index (κ2) is 7.77. The normalized spacial score (nSPS) is 11.8. The number of carbonyl (C=O) groups excluding carboxylic acids is 1. The molecule has 0 aromatic heterocycles. The predicted molar refractivity (Wildman–Crippen MR) is 96.6 cm³/mol. The van der Waals surface area contributed by atoms with Gasteiger partial charge in [-0.1, -0.05) is 40.9 Å². The quantitative estimate of drug-likeness (QED) is 0.824. The van der Waals surface area contributed by atoms with Crippen molar-refractivity contribution in [3.05, 3.63) is 57.1 Å². The molecule has 1 atom stereocenters. The van der Waals surface area contributed by atoms with Gasteiger partial charge in [0.15, 0.2) is 5.75 Å². The predicted octanol–water partition coefficient (Wildman–Crippen LogP) is 4.81. The smallest absolute Gasteiger partial charge is 0.251 e. The van der Waals surface area contributed by atoms with Crippen LogP contribution in [0, 0.1) is 6.92 Å². The van der Waals surface area contributed by atoms with E-state index in [1.54, 1.807) is 7.11 Å². The fourth-order valence-electron chi connectivity index (χ4n) is 2.44. The highest BCUT2D eigenvalue weighted by Crippen LogP contribution is 2.34. The van der Waals surface area contributed by atoms with E-state index in [9.17, 15) is 4.79 Å². The van der Waals surface area contributed by atoms with Crippen molar-refractivity contribution in [2.45, 2.75) is 19.9 Å². The van der Waals surface area contributed by atoms with Crippen molar-refractivity contribution in [3.8, 4) is 11.5 Å². The summed E-state index contributed by atoms with van der Waals surface area (Å²) in [5, 5.41) is 3.51. The maximum Gasteiger partial charge on any atom is 0.251 e. The summed E-state index contributed by atoms with van der Waals surface area (Å²) in [6, 6.07) is 8.64. The molecular weight excluding hydrogens is 349 g/mol. The van der Waals surface area contributed by atoms with E-state index in [0.717, 1.165) is 16.9 Å². The maximum absolute atomic E-state index is 12.5. The molecule has 0 fully saturated rings. The fraction of sp³-hybridized carbons (Fsp3) is 0.278. The first-order valence-electron chi connectivity index (χ1n) is 7.35. The molecule has 2 rings (SSSR count). The Labute approximate surface area is 151 Å². The number of hydrogen-bond donors (Lipinski definition) is 1. The molecule has 0 aliphatic carbocycles. The lowest BCUT2D eigenvalue weighted by Gasteiger charge is -2.18. The van der Waals surface area contributed by atoms with Crippen molar-refractivity contribution in [3.63, 3.8) is 0 Å². The van der Waals surface area contributed by atoms with Crippen molar-refractivity contribution >= 4 is 29.1 Å². The topological polar surface area (TPSA) is 47.6 Å². The van der Waals surface area contributed by atoms with Crippen molar-refractivity contribution in [1.29, 1.82) is 0 Å². The number of hydrogen-bond acceptors (Lipinski definition) is 3. The molecule has 0 saturated heterocycles. The van der Waals surface area contributed by atoms with E-state index < -0.39 is 0 Å². The van der Waals surface area contributed by atoms with Crippen LogP contribution in [0.3, 0.4) is 0 Å². The number of nitrogens with one attached hydrogen (secondary N) is 1. The van der Waals surface area contributed by atoms with Crippen LogP contribution in [0.4, 0.5) is 0 Å². The molecule has 0 unspecified atom stereocenters. The third kappa shape index (κ3) is 3.94. The minimum Gasteiger partial charge on any atom is -0.496 e. The molecule has 0 aliphatic heterocycles. The molecule has 2 aromatic carbocycles. The Morgan fingerprint density at radius 3 is 2.25 bits per heavy atom. The Morgan fingerprint density at radius 1 is 1.08 bits per heavy atom. The number of benzene rings is 2. The number of halogens is 2. The molecule has 0 bridgehead atoms. The molecule has 0 heterocycles. The van der Waals surface area contributed by atoms with Gasteiger partial charge < -0.3 is 14.8 Å². The average molecular weight is 368 g/mol. The first-order valence-corrected chi connectivity index (χ1v) is 8.11. The van der Waals surface area contributed by atoms with E-state index in [1.807, 2.05) is 32.0 Å². The van der Waals surface area contributed by atoms with Gasteiger partial charge in [0.25, 0.3) is 5.91 Å². The zero-order chi connectivity index (χ0) is 17.9. The molecule has 6 heteroatoms. The van der Waals surface area contributed by atoms with Crippen molar-refractivity contribution < 1.29 is 14.3 Å². The third-order valence-corrected chi connectivity index (χ3v) is 4.23. The molecule has 0 spiro atoms. The molecule has 1 amide bonds. The summed E-state index contributed by atoms with van der Waals surface area (Å²) in [6.45, 7) is 3.88. The van der Waals surface area contributed by atoms with E-state index in [-0.39, 0.29) is 22.0 Å². The Balaban J connectivity index is 2.25. The largest absolute Gasteiger partial charge is 0.496 e. The van der Waals surface area contributed by atoms with Crippen molar-refractivity contribution in [2.75, 3.05) is 14.2 Å². The van der Waals surface area contributed by atoms with Gasteiger partial charge in [-0.3, -0.25) is 4.79 Å². The lowest BCUT2D eigenvalue weighted by molar-refractivity contribution is 0.0939. The van der Waals surface area contributed by atoms with E-state index in [1.165, 1.54) is 19.2 Å². The van der Waals surface area contributed by atoms with Crippen LogP contribution in [0.5, 0.6) is 11.5 Å². The Morgan fingerprint density at radius 2 is 1.71 bits per heavy atom. The van der Waals surface area contributed by atoms with Crippen LogP contribution in [0.2, 0.25) is 10.0 Å². The van der Waals surface area contributed by atoms with Gasteiger partial charge in [0.2, 0.25) is 0 Å². The van der Waals surface area contributed by atoms with Crippen LogP contribution in [-0.2, 0) is 0 Å². The second-order valence-electron chi connectivity index (χ2n) is 5.41. The van der Waals surface area contributed by atoms with Gasteiger partial charge in [-0.25, -0.2) is 0 Å². The van der Waals surface area contributed by atoms with E-state index in [4.69, 9.17) is 32.7 Å². The van der Waals surface area contributed by atoms with Crippen molar-refractivity contribution in [2.24, 2.45) is 0 Å². The van der Waals surface area contributed by atoms with Crippen LogP contribution in [0.15, 0.2) is 30.3 Å². The second-order valence-corrected chi connectivity index (χ2v) is 6.23. The zero-order valence-electron chi connectivity index (χ0n) is 13.9. The summed E-state index contributed by atoms with van der Waals surface area (Å²) in [7, 11) is 3.07. The highest BCUT2D eigenvalue weighted by atomic mass is 35.5. The molecule has 2 aromatic rings. The number of rotatable bonds is 5. The van der Waals surface area contributed by atoms with Crippen LogP contribution in [0.25, 0.3) is 0 Å². The molecule has 128 valence electrons. The van der Waals surface area contributed by atoms with E-state index >= 15 is 0 Å². The van der Waals surface area contributed by atoms with Crippen LogP contribution >= 0.6 is 23.2 Å². The highest BCUT2D eigenvalue weighted by molar-refractivity contribution is 6.37. The highest BCUT2D eigenvalue weighted by Gasteiger charge is 2.18. The summed E-state index contributed by atoms with van der Waals surface area (Å²) in [6.07, 6.45) is 0. The van der Waals surface area contributed by atoms with Crippen LogP contribution in [0.1, 0.15) is 34.5 Å². The molecular formula is C18H19Cl2NO3. The number of amides is 1. The lowest BCUT2D eigenvalue weighted by Crippen LogP contribution is -2.27. The monoisotopic (exact) mass is 367 g/mol. The molecule has 0 radical (unpaired) electrons. The van der Waals surface area contributed by atoms with Gasteiger partial charge in [0.1, 0.15) is 5.75 Å².